The molecule has 0 fully saturated rings. The lowest BCUT2D eigenvalue weighted by Gasteiger charge is -2.28. The molecule has 3 aromatic rings. The number of aromatic amines is 1. The average Bonchev–Trinajstić information content (AvgIpc) is 2.73. The van der Waals surface area contributed by atoms with Crippen molar-refractivity contribution in [2.45, 2.75) is 19.8 Å². The Morgan fingerprint density at radius 1 is 1.13 bits per heavy atom. The zero-order valence-corrected chi connectivity index (χ0v) is 16.7. The molecule has 30 heavy (non-hydrogen) atoms. The molecular formula is C23H22N2O5. The Balaban J connectivity index is 2.01. The molecule has 1 aliphatic heterocycles. The Labute approximate surface area is 173 Å². The van der Waals surface area contributed by atoms with E-state index in [1.165, 1.54) is 0 Å². The third-order valence-electron chi connectivity index (χ3n) is 4.96. The van der Waals surface area contributed by atoms with Gasteiger partial charge in [0.15, 0.2) is 0 Å². The Morgan fingerprint density at radius 2 is 1.93 bits per heavy atom. The summed E-state index contributed by atoms with van der Waals surface area (Å²) in [7, 11) is 0. The third kappa shape index (κ3) is 3.28. The second kappa shape index (κ2) is 7.94. The monoisotopic (exact) mass is 406 g/mol. The van der Waals surface area contributed by atoms with E-state index in [2.05, 4.69) is 4.98 Å². The van der Waals surface area contributed by atoms with Crippen LogP contribution < -0.4 is 20.8 Å². The van der Waals surface area contributed by atoms with Crippen LogP contribution in [0.3, 0.4) is 0 Å². The van der Waals surface area contributed by atoms with Crippen LogP contribution in [0.4, 0.5) is 0 Å². The SMILES string of the molecule is CCOC(=O)C1=C(N)Oc2c(c(=O)[nH]c3ccccc23)C1c1cccc(OCC)c1. The Kier molecular flexibility index (Phi) is 5.18. The highest BCUT2D eigenvalue weighted by Gasteiger charge is 2.38. The number of rotatable bonds is 5. The van der Waals surface area contributed by atoms with Crippen LogP contribution in [-0.2, 0) is 9.53 Å². The van der Waals surface area contributed by atoms with Gasteiger partial charge in [-0.2, -0.15) is 0 Å². The van der Waals surface area contributed by atoms with Crippen LogP contribution in [0.2, 0.25) is 0 Å². The molecule has 1 unspecified atom stereocenters. The first-order chi connectivity index (χ1) is 14.5. The number of H-pyrrole nitrogens is 1. The molecule has 1 aromatic heterocycles. The fraction of sp³-hybridized carbons (Fsp3) is 0.217. The van der Waals surface area contributed by atoms with E-state index < -0.39 is 11.9 Å². The van der Waals surface area contributed by atoms with Gasteiger partial charge in [0.2, 0.25) is 5.88 Å². The van der Waals surface area contributed by atoms with Gasteiger partial charge in [-0.25, -0.2) is 4.79 Å². The molecule has 154 valence electrons. The van der Waals surface area contributed by atoms with Crippen molar-refractivity contribution in [1.82, 2.24) is 4.98 Å². The van der Waals surface area contributed by atoms with E-state index in [0.29, 0.717) is 40.1 Å². The van der Waals surface area contributed by atoms with Crippen LogP contribution in [0.1, 0.15) is 30.9 Å². The molecule has 0 saturated heterocycles. The smallest absolute Gasteiger partial charge is 0.340 e. The summed E-state index contributed by atoms with van der Waals surface area (Å²) in [5.74, 6) is -0.501. The van der Waals surface area contributed by atoms with Gasteiger partial charge < -0.3 is 24.9 Å². The van der Waals surface area contributed by atoms with Crippen molar-refractivity contribution in [2.24, 2.45) is 5.73 Å². The average molecular weight is 406 g/mol. The fourth-order valence-electron chi connectivity index (χ4n) is 3.76. The molecule has 1 atom stereocenters. The number of hydrogen-bond acceptors (Lipinski definition) is 6. The molecule has 7 nitrogen and oxygen atoms in total. The summed E-state index contributed by atoms with van der Waals surface area (Å²) in [6, 6.07) is 14.5. The largest absolute Gasteiger partial charge is 0.494 e. The van der Waals surface area contributed by atoms with Crippen molar-refractivity contribution in [3.63, 3.8) is 0 Å². The summed E-state index contributed by atoms with van der Waals surface area (Å²) in [6.07, 6.45) is 0. The number of carbonyl (C=O) groups excluding carboxylic acids is 1. The molecule has 0 saturated carbocycles. The van der Waals surface area contributed by atoms with Crippen LogP contribution >= 0.6 is 0 Å². The van der Waals surface area contributed by atoms with E-state index in [-0.39, 0.29) is 23.6 Å². The predicted octanol–water partition coefficient (Wildman–Crippen LogP) is 3.18. The molecule has 4 rings (SSSR count). The number of carbonyl (C=O) groups is 1. The molecule has 1 aliphatic rings. The molecule has 2 heterocycles. The van der Waals surface area contributed by atoms with E-state index in [9.17, 15) is 9.59 Å². The van der Waals surface area contributed by atoms with E-state index >= 15 is 0 Å². The highest BCUT2D eigenvalue weighted by Crippen LogP contribution is 2.44. The Bertz CT molecular complexity index is 1210. The molecule has 0 aliphatic carbocycles. The Hall–Kier alpha value is -3.74. The normalized spacial score (nSPS) is 15.5. The van der Waals surface area contributed by atoms with Gasteiger partial charge in [0.05, 0.1) is 30.2 Å². The predicted molar refractivity (Wildman–Crippen MR) is 112 cm³/mol. The van der Waals surface area contributed by atoms with Crippen molar-refractivity contribution in [1.29, 1.82) is 0 Å². The lowest BCUT2D eigenvalue weighted by molar-refractivity contribution is -0.139. The lowest BCUT2D eigenvalue weighted by atomic mass is 9.83. The maximum absolute atomic E-state index is 13.1. The summed E-state index contributed by atoms with van der Waals surface area (Å²) >= 11 is 0. The maximum atomic E-state index is 13.1. The number of pyridine rings is 1. The van der Waals surface area contributed by atoms with Crippen LogP contribution in [0.25, 0.3) is 10.9 Å². The molecule has 3 N–H and O–H groups in total. The van der Waals surface area contributed by atoms with Gasteiger partial charge in [0.25, 0.3) is 5.56 Å². The number of fused-ring (bicyclic) bond motifs is 3. The summed E-state index contributed by atoms with van der Waals surface area (Å²) < 4.78 is 16.7. The molecular weight excluding hydrogens is 384 g/mol. The molecule has 0 bridgehead atoms. The summed E-state index contributed by atoms with van der Waals surface area (Å²) in [6.45, 7) is 4.25. The van der Waals surface area contributed by atoms with Gasteiger partial charge in [0.1, 0.15) is 17.1 Å². The van der Waals surface area contributed by atoms with Crippen molar-refractivity contribution >= 4 is 16.9 Å². The number of aromatic nitrogens is 1. The number of benzene rings is 2. The second-order valence-corrected chi connectivity index (χ2v) is 6.78. The minimum atomic E-state index is -0.762. The summed E-state index contributed by atoms with van der Waals surface area (Å²) in [5, 5.41) is 0.698. The third-order valence-corrected chi connectivity index (χ3v) is 4.96. The molecule has 0 amide bonds. The van der Waals surface area contributed by atoms with E-state index in [1.54, 1.807) is 19.1 Å². The standard InChI is InChI=1S/C23H22N2O5/c1-3-28-14-9-7-8-13(12-14)17-18-20(30-21(24)19(17)23(27)29-4-2)15-10-5-6-11-16(15)25-22(18)26/h5-12,17H,3-4,24H2,1-2H3,(H,25,26). The molecule has 0 spiro atoms. The molecule has 7 heteroatoms. The number of ether oxygens (including phenoxy) is 3. The zero-order valence-electron chi connectivity index (χ0n) is 16.7. The topological polar surface area (TPSA) is 104 Å². The van der Waals surface area contributed by atoms with Crippen molar-refractivity contribution in [2.75, 3.05) is 13.2 Å². The number of hydrogen-bond donors (Lipinski definition) is 2. The van der Waals surface area contributed by atoms with E-state index in [1.807, 2.05) is 43.3 Å². The first kappa shape index (κ1) is 19.6. The van der Waals surface area contributed by atoms with Crippen LogP contribution in [0, 0.1) is 0 Å². The number of nitrogens with one attached hydrogen (secondary N) is 1. The second-order valence-electron chi connectivity index (χ2n) is 6.78. The lowest BCUT2D eigenvalue weighted by Crippen LogP contribution is -2.32. The molecule has 0 radical (unpaired) electrons. The van der Waals surface area contributed by atoms with Gasteiger partial charge in [-0.05, 0) is 43.7 Å². The van der Waals surface area contributed by atoms with Crippen molar-refractivity contribution < 1.29 is 19.0 Å². The first-order valence-electron chi connectivity index (χ1n) is 9.77. The number of esters is 1. The number of para-hydroxylation sites is 1. The van der Waals surface area contributed by atoms with Crippen molar-refractivity contribution in [3.05, 3.63) is 81.5 Å². The first-order valence-corrected chi connectivity index (χ1v) is 9.77. The van der Waals surface area contributed by atoms with Gasteiger partial charge >= 0.3 is 5.97 Å². The van der Waals surface area contributed by atoms with Crippen LogP contribution in [0.15, 0.2) is 64.8 Å². The van der Waals surface area contributed by atoms with Gasteiger partial charge in [-0.15, -0.1) is 0 Å². The highest BCUT2D eigenvalue weighted by molar-refractivity contribution is 5.95. The summed E-state index contributed by atoms with van der Waals surface area (Å²) in [5.41, 5.74) is 7.55. The minimum absolute atomic E-state index is 0.0801. The van der Waals surface area contributed by atoms with E-state index in [4.69, 9.17) is 19.9 Å². The van der Waals surface area contributed by atoms with E-state index in [0.717, 1.165) is 0 Å². The summed E-state index contributed by atoms with van der Waals surface area (Å²) in [4.78, 5) is 28.8. The van der Waals surface area contributed by atoms with Crippen LogP contribution in [0.5, 0.6) is 11.5 Å². The quantitative estimate of drug-likeness (QED) is 0.631. The van der Waals surface area contributed by atoms with Gasteiger partial charge in [0, 0.05) is 5.39 Å². The minimum Gasteiger partial charge on any atom is -0.494 e. The fourth-order valence-corrected chi connectivity index (χ4v) is 3.76. The van der Waals surface area contributed by atoms with Gasteiger partial charge in [-0.1, -0.05) is 24.3 Å². The zero-order chi connectivity index (χ0) is 21.3. The highest BCUT2D eigenvalue weighted by atomic mass is 16.5. The van der Waals surface area contributed by atoms with Crippen molar-refractivity contribution in [3.8, 4) is 11.5 Å². The number of nitrogens with two attached hydrogens (primary N) is 1. The molecule has 2 aromatic carbocycles. The van der Waals surface area contributed by atoms with Crippen LogP contribution in [-0.4, -0.2) is 24.2 Å². The Morgan fingerprint density at radius 3 is 2.70 bits per heavy atom. The van der Waals surface area contributed by atoms with Gasteiger partial charge in [-0.3, -0.25) is 4.79 Å². The maximum Gasteiger partial charge on any atom is 0.340 e.